The Bertz CT molecular complexity index is 661. The van der Waals surface area contributed by atoms with E-state index in [-0.39, 0.29) is 11.1 Å². The quantitative estimate of drug-likeness (QED) is 0.822. The van der Waals surface area contributed by atoms with E-state index >= 15 is 0 Å². The molecule has 0 bridgehead atoms. The van der Waals surface area contributed by atoms with E-state index in [0.29, 0.717) is 17.4 Å². The molecule has 106 valence electrons. The summed E-state index contributed by atoms with van der Waals surface area (Å²) in [5.74, 6) is 0.337. The van der Waals surface area contributed by atoms with Gasteiger partial charge in [-0.25, -0.2) is 18.1 Å². The number of hydrogen-bond donors (Lipinski definition) is 2. The Labute approximate surface area is 115 Å². The van der Waals surface area contributed by atoms with Crippen molar-refractivity contribution in [2.75, 3.05) is 26.1 Å². The first-order valence-corrected chi connectivity index (χ1v) is 8.00. The van der Waals surface area contributed by atoms with Gasteiger partial charge in [0.15, 0.2) is 15.8 Å². The van der Waals surface area contributed by atoms with Crippen LogP contribution in [0, 0.1) is 0 Å². The highest BCUT2D eigenvalue weighted by Crippen LogP contribution is 2.25. The number of ether oxygens (including phenoxy) is 1. The Kier molecular flexibility index (Phi) is 4.09. The van der Waals surface area contributed by atoms with Crippen molar-refractivity contribution in [3.63, 3.8) is 0 Å². The molecule has 0 aliphatic rings. The van der Waals surface area contributed by atoms with Crippen molar-refractivity contribution in [1.29, 1.82) is 0 Å². The summed E-state index contributed by atoms with van der Waals surface area (Å²) in [4.78, 5) is 4.86. The molecule has 7 nitrogen and oxygen atoms in total. The van der Waals surface area contributed by atoms with Crippen molar-refractivity contribution in [3.05, 3.63) is 11.6 Å². The molecule has 0 saturated heterocycles. The number of anilines is 1. The number of methoxy groups -OCH3 is 1. The first-order valence-electron chi connectivity index (χ1n) is 5.64. The van der Waals surface area contributed by atoms with Crippen molar-refractivity contribution in [3.8, 4) is 0 Å². The molecule has 2 aromatic heterocycles. The number of fused-ring (bicyclic) bond motifs is 1. The Hall–Kier alpha value is -1.16. The number of nitrogens with one attached hydrogen (secondary N) is 2. The van der Waals surface area contributed by atoms with Gasteiger partial charge in [-0.3, -0.25) is 4.40 Å². The molecule has 0 fully saturated rings. The summed E-state index contributed by atoms with van der Waals surface area (Å²) in [6.45, 7) is 2.05. The van der Waals surface area contributed by atoms with Crippen LogP contribution in [0.25, 0.3) is 4.96 Å². The normalized spacial score (nSPS) is 13.8. The Morgan fingerprint density at radius 3 is 2.95 bits per heavy atom. The summed E-state index contributed by atoms with van der Waals surface area (Å²) in [6.07, 6.45) is 1.68. The maximum atomic E-state index is 12.4. The first-order chi connectivity index (χ1) is 8.99. The van der Waals surface area contributed by atoms with Gasteiger partial charge in [-0.05, 0) is 6.92 Å². The van der Waals surface area contributed by atoms with Gasteiger partial charge in [0.1, 0.15) is 0 Å². The van der Waals surface area contributed by atoms with Crippen LogP contribution in [0.1, 0.15) is 6.92 Å². The van der Waals surface area contributed by atoms with Gasteiger partial charge in [-0.15, -0.1) is 11.3 Å². The molecular weight excluding hydrogens is 288 g/mol. The summed E-state index contributed by atoms with van der Waals surface area (Å²) in [6, 6.07) is -0.316. The monoisotopic (exact) mass is 304 g/mol. The van der Waals surface area contributed by atoms with E-state index < -0.39 is 10.0 Å². The molecule has 2 heterocycles. The molecule has 0 radical (unpaired) electrons. The van der Waals surface area contributed by atoms with Crippen LogP contribution in [0.2, 0.25) is 0 Å². The molecule has 2 rings (SSSR count). The second-order valence-corrected chi connectivity index (χ2v) is 6.55. The van der Waals surface area contributed by atoms with Gasteiger partial charge in [0.25, 0.3) is 10.0 Å². The van der Waals surface area contributed by atoms with Crippen LogP contribution in [-0.2, 0) is 14.8 Å². The third-order valence-corrected chi connectivity index (χ3v) is 4.85. The van der Waals surface area contributed by atoms with Crippen LogP contribution in [0.4, 0.5) is 5.82 Å². The van der Waals surface area contributed by atoms with Crippen LogP contribution in [0.15, 0.2) is 16.6 Å². The molecule has 1 atom stereocenters. The van der Waals surface area contributed by atoms with Gasteiger partial charge in [-0.1, -0.05) is 0 Å². The molecule has 0 amide bonds. The van der Waals surface area contributed by atoms with E-state index in [1.807, 2.05) is 0 Å². The molecular formula is C10H16N4O3S2. The van der Waals surface area contributed by atoms with E-state index in [0.717, 1.165) is 0 Å². The fraction of sp³-hybridized carbons (Fsp3) is 0.500. The lowest BCUT2D eigenvalue weighted by molar-refractivity contribution is 0.180. The number of thiazole rings is 1. The topological polar surface area (TPSA) is 84.7 Å². The summed E-state index contributed by atoms with van der Waals surface area (Å²) in [5.41, 5.74) is 0. The minimum absolute atomic E-state index is 0.120. The standard InChI is InChI=1S/C10H16N4O3S2/c1-7(6-17-3)13-19(15,16)9-8(11-2)12-10-14(9)4-5-18-10/h4-5,7,11,13H,6H2,1-3H3. The fourth-order valence-electron chi connectivity index (χ4n) is 1.79. The minimum Gasteiger partial charge on any atom is -0.383 e. The van der Waals surface area contributed by atoms with E-state index in [9.17, 15) is 8.42 Å². The fourth-order valence-corrected chi connectivity index (χ4v) is 4.08. The van der Waals surface area contributed by atoms with Crippen LogP contribution < -0.4 is 10.0 Å². The molecule has 2 aromatic rings. The van der Waals surface area contributed by atoms with Crippen LogP contribution in [0.3, 0.4) is 0 Å². The molecule has 1 unspecified atom stereocenters. The highest BCUT2D eigenvalue weighted by Gasteiger charge is 2.26. The third kappa shape index (κ3) is 2.73. The average molecular weight is 304 g/mol. The number of rotatable bonds is 6. The SMILES string of the molecule is CNc1nc2sccn2c1S(=O)(=O)NC(C)COC. The zero-order valence-electron chi connectivity index (χ0n) is 10.9. The van der Waals surface area contributed by atoms with Crippen LogP contribution >= 0.6 is 11.3 Å². The largest absolute Gasteiger partial charge is 0.383 e. The summed E-state index contributed by atoms with van der Waals surface area (Å²) < 4.78 is 33.9. The van der Waals surface area contributed by atoms with Crippen molar-refractivity contribution >= 4 is 32.1 Å². The number of aromatic nitrogens is 2. The molecule has 19 heavy (non-hydrogen) atoms. The first kappa shape index (κ1) is 14.3. The Balaban J connectivity index is 2.44. The van der Waals surface area contributed by atoms with Gasteiger partial charge < -0.3 is 10.1 Å². The van der Waals surface area contributed by atoms with Crippen molar-refractivity contribution in [2.45, 2.75) is 18.0 Å². The smallest absolute Gasteiger partial charge is 0.260 e. The molecule has 9 heteroatoms. The summed E-state index contributed by atoms with van der Waals surface area (Å²) in [5, 5.41) is 4.72. The third-order valence-electron chi connectivity index (χ3n) is 2.48. The van der Waals surface area contributed by atoms with E-state index in [4.69, 9.17) is 4.74 Å². The lowest BCUT2D eigenvalue weighted by Gasteiger charge is -2.13. The van der Waals surface area contributed by atoms with Crippen molar-refractivity contribution in [2.24, 2.45) is 0 Å². The second kappa shape index (κ2) is 5.45. The number of nitrogens with zero attached hydrogens (tertiary/aromatic N) is 2. The zero-order chi connectivity index (χ0) is 14.0. The summed E-state index contributed by atoms with van der Waals surface area (Å²) in [7, 11) is -0.493. The molecule has 0 aromatic carbocycles. The predicted molar refractivity (Wildman–Crippen MR) is 74.3 cm³/mol. The number of hydrogen-bond acceptors (Lipinski definition) is 6. The van der Waals surface area contributed by atoms with Gasteiger partial charge in [0.05, 0.1) is 6.61 Å². The average Bonchev–Trinajstić information content (AvgIpc) is 2.86. The second-order valence-electron chi connectivity index (χ2n) is 4.05. The molecule has 0 aliphatic heterocycles. The van der Waals surface area contributed by atoms with Crippen LogP contribution in [-0.4, -0.2) is 44.6 Å². The van der Waals surface area contributed by atoms with Crippen molar-refractivity contribution in [1.82, 2.24) is 14.1 Å². The van der Waals surface area contributed by atoms with Crippen molar-refractivity contribution < 1.29 is 13.2 Å². The summed E-state index contributed by atoms with van der Waals surface area (Å²) >= 11 is 1.38. The Morgan fingerprint density at radius 2 is 2.32 bits per heavy atom. The lowest BCUT2D eigenvalue weighted by Crippen LogP contribution is -2.36. The van der Waals surface area contributed by atoms with E-state index in [1.54, 1.807) is 29.9 Å². The molecule has 2 N–H and O–H groups in total. The molecule has 0 saturated carbocycles. The highest BCUT2D eigenvalue weighted by atomic mass is 32.2. The zero-order valence-corrected chi connectivity index (χ0v) is 12.5. The Morgan fingerprint density at radius 1 is 1.58 bits per heavy atom. The van der Waals surface area contributed by atoms with Gasteiger partial charge >= 0.3 is 0 Å². The number of imidazole rings is 1. The minimum atomic E-state index is -3.66. The van der Waals surface area contributed by atoms with Gasteiger partial charge in [0.2, 0.25) is 0 Å². The van der Waals surface area contributed by atoms with Gasteiger partial charge in [-0.2, -0.15) is 0 Å². The van der Waals surface area contributed by atoms with E-state index in [2.05, 4.69) is 15.0 Å². The van der Waals surface area contributed by atoms with Crippen LogP contribution in [0.5, 0.6) is 0 Å². The molecule has 0 aliphatic carbocycles. The predicted octanol–water partition coefficient (Wildman–Crippen LogP) is 0.751. The maximum Gasteiger partial charge on any atom is 0.260 e. The molecule has 0 spiro atoms. The van der Waals surface area contributed by atoms with Gasteiger partial charge in [0, 0.05) is 31.8 Å². The maximum absolute atomic E-state index is 12.4. The lowest BCUT2D eigenvalue weighted by atomic mass is 10.4. The van der Waals surface area contributed by atoms with E-state index in [1.165, 1.54) is 18.4 Å². The number of sulfonamides is 1. The highest BCUT2D eigenvalue weighted by molar-refractivity contribution is 7.89.